The van der Waals surface area contributed by atoms with E-state index in [1.165, 1.54) is 0 Å². The smallest absolute Gasteiger partial charge is 0.140 e. The molecule has 0 bridgehead atoms. The third kappa shape index (κ3) is 0.942. The van der Waals surface area contributed by atoms with Gasteiger partial charge in [-0.2, -0.15) is 5.10 Å². The van der Waals surface area contributed by atoms with Gasteiger partial charge in [0.1, 0.15) is 11.4 Å². The summed E-state index contributed by atoms with van der Waals surface area (Å²) in [6.45, 7) is 1.97. The molecule has 2 aromatic heterocycles. The van der Waals surface area contributed by atoms with Gasteiger partial charge in [-0.15, -0.1) is 0 Å². The van der Waals surface area contributed by atoms with E-state index in [1.807, 2.05) is 25.3 Å². The monoisotopic (exact) mass is 162 g/mol. The van der Waals surface area contributed by atoms with Gasteiger partial charge < -0.3 is 5.11 Å². The van der Waals surface area contributed by atoms with Gasteiger partial charge >= 0.3 is 0 Å². The van der Waals surface area contributed by atoms with Crippen LogP contribution >= 0.6 is 0 Å². The Morgan fingerprint density at radius 2 is 2.42 bits per heavy atom. The molecule has 0 radical (unpaired) electrons. The van der Waals surface area contributed by atoms with Crippen LogP contribution in [-0.4, -0.2) is 14.7 Å². The fourth-order valence-electron chi connectivity index (χ4n) is 1.25. The van der Waals surface area contributed by atoms with Crippen molar-refractivity contribution in [3.63, 3.8) is 0 Å². The highest BCUT2D eigenvalue weighted by molar-refractivity contribution is 5.51. The Balaban J connectivity index is 2.73. The van der Waals surface area contributed by atoms with Gasteiger partial charge in [0.15, 0.2) is 0 Å². The highest BCUT2D eigenvalue weighted by Gasteiger charge is 2.02. The third-order valence-electron chi connectivity index (χ3n) is 1.90. The molecule has 2 aromatic rings. The number of rotatable bonds is 1. The molecule has 0 amide bonds. The quantitative estimate of drug-likeness (QED) is 0.691. The van der Waals surface area contributed by atoms with Gasteiger partial charge in [0, 0.05) is 12.3 Å². The van der Waals surface area contributed by atoms with Gasteiger partial charge in [-0.25, -0.2) is 4.52 Å². The normalized spacial score (nSPS) is 10.8. The Morgan fingerprint density at radius 3 is 3.17 bits per heavy atom. The lowest BCUT2D eigenvalue weighted by atomic mass is 10.3. The second kappa shape index (κ2) is 2.52. The first-order chi connectivity index (χ1) is 5.81. The van der Waals surface area contributed by atoms with Crippen molar-refractivity contribution in [2.75, 3.05) is 0 Å². The molecule has 12 heavy (non-hydrogen) atoms. The summed E-state index contributed by atoms with van der Waals surface area (Å²) in [6, 6.07) is 5.54. The second-order valence-corrected chi connectivity index (χ2v) is 2.71. The van der Waals surface area contributed by atoms with E-state index in [-0.39, 0.29) is 5.75 Å². The zero-order valence-corrected chi connectivity index (χ0v) is 6.86. The van der Waals surface area contributed by atoms with Gasteiger partial charge in [-0.3, -0.25) is 0 Å². The Hall–Kier alpha value is -1.51. The van der Waals surface area contributed by atoms with Crippen molar-refractivity contribution in [2.45, 2.75) is 13.3 Å². The SMILES string of the molecule is CCc1nn2cccc2cc1O. The van der Waals surface area contributed by atoms with Gasteiger partial charge in [0.05, 0.1) is 5.52 Å². The van der Waals surface area contributed by atoms with E-state index in [0.29, 0.717) is 0 Å². The number of hydrogen-bond donors (Lipinski definition) is 1. The van der Waals surface area contributed by atoms with Crippen LogP contribution in [0.2, 0.25) is 0 Å². The van der Waals surface area contributed by atoms with Gasteiger partial charge in [0.25, 0.3) is 0 Å². The second-order valence-electron chi connectivity index (χ2n) is 2.71. The van der Waals surface area contributed by atoms with Crippen molar-refractivity contribution < 1.29 is 5.11 Å². The average Bonchev–Trinajstić information content (AvgIpc) is 2.49. The topological polar surface area (TPSA) is 37.5 Å². The molecule has 3 heteroatoms. The van der Waals surface area contributed by atoms with Crippen LogP contribution in [0.15, 0.2) is 24.4 Å². The predicted octanol–water partition coefficient (Wildman–Crippen LogP) is 1.60. The number of aromatic nitrogens is 2. The fourth-order valence-corrected chi connectivity index (χ4v) is 1.25. The van der Waals surface area contributed by atoms with Crippen LogP contribution in [0, 0.1) is 0 Å². The molecule has 0 atom stereocenters. The highest BCUT2D eigenvalue weighted by atomic mass is 16.3. The summed E-state index contributed by atoms with van der Waals surface area (Å²) < 4.78 is 1.76. The lowest BCUT2D eigenvalue weighted by Crippen LogP contribution is -1.95. The molecule has 0 unspecified atom stereocenters. The lowest BCUT2D eigenvalue weighted by Gasteiger charge is -2.01. The average molecular weight is 162 g/mol. The van der Waals surface area contributed by atoms with Crippen molar-refractivity contribution in [3.8, 4) is 5.75 Å². The molecule has 62 valence electrons. The Morgan fingerprint density at radius 1 is 1.58 bits per heavy atom. The van der Waals surface area contributed by atoms with E-state index in [2.05, 4.69) is 5.10 Å². The number of aryl methyl sites for hydroxylation is 1. The maximum atomic E-state index is 9.45. The molecule has 0 spiro atoms. The molecule has 2 rings (SSSR count). The summed E-state index contributed by atoms with van der Waals surface area (Å²) in [4.78, 5) is 0. The number of aromatic hydroxyl groups is 1. The van der Waals surface area contributed by atoms with E-state index in [9.17, 15) is 5.11 Å². The Kier molecular flexibility index (Phi) is 1.50. The molecule has 0 fully saturated rings. The zero-order valence-electron chi connectivity index (χ0n) is 6.86. The molecular formula is C9H10N2O. The van der Waals surface area contributed by atoms with Crippen LogP contribution in [0.25, 0.3) is 5.52 Å². The fraction of sp³-hybridized carbons (Fsp3) is 0.222. The largest absolute Gasteiger partial charge is 0.506 e. The molecule has 0 aromatic carbocycles. The number of hydrogen-bond acceptors (Lipinski definition) is 2. The van der Waals surface area contributed by atoms with Crippen LogP contribution in [0.3, 0.4) is 0 Å². The van der Waals surface area contributed by atoms with E-state index in [1.54, 1.807) is 10.6 Å². The summed E-state index contributed by atoms with van der Waals surface area (Å²) >= 11 is 0. The molecule has 3 nitrogen and oxygen atoms in total. The minimum atomic E-state index is 0.281. The summed E-state index contributed by atoms with van der Waals surface area (Å²) in [5.74, 6) is 0.281. The van der Waals surface area contributed by atoms with E-state index in [4.69, 9.17) is 0 Å². The first-order valence-corrected chi connectivity index (χ1v) is 3.97. The molecule has 0 saturated carbocycles. The van der Waals surface area contributed by atoms with Crippen molar-refractivity contribution >= 4 is 5.52 Å². The van der Waals surface area contributed by atoms with Crippen LogP contribution in [0.1, 0.15) is 12.6 Å². The lowest BCUT2D eigenvalue weighted by molar-refractivity contribution is 0.462. The van der Waals surface area contributed by atoms with Crippen LogP contribution in [0.5, 0.6) is 5.75 Å². The van der Waals surface area contributed by atoms with Crippen LogP contribution in [0.4, 0.5) is 0 Å². The Labute approximate surface area is 70.3 Å². The van der Waals surface area contributed by atoms with E-state index in [0.717, 1.165) is 17.6 Å². The predicted molar refractivity (Wildman–Crippen MR) is 46.2 cm³/mol. The summed E-state index contributed by atoms with van der Waals surface area (Å²) in [5.41, 5.74) is 1.66. The van der Waals surface area contributed by atoms with Crippen molar-refractivity contribution in [2.24, 2.45) is 0 Å². The standard InChI is InChI=1S/C9H10N2O/c1-2-8-9(12)6-7-4-3-5-11(7)10-8/h3-6,12H,2H2,1H3. The van der Waals surface area contributed by atoms with Crippen molar-refractivity contribution in [1.29, 1.82) is 0 Å². The Bertz CT molecular complexity index is 406. The van der Waals surface area contributed by atoms with Crippen LogP contribution in [-0.2, 0) is 6.42 Å². The number of nitrogens with zero attached hydrogens (tertiary/aromatic N) is 2. The molecule has 0 aliphatic heterocycles. The first kappa shape index (κ1) is 7.16. The minimum Gasteiger partial charge on any atom is -0.506 e. The van der Waals surface area contributed by atoms with Crippen molar-refractivity contribution in [3.05, 3.63) is 30.1 Å². The van der Waals surface area contributed by atoms with E-state index >= 15 is 0 Å². The van der Waals surface area contributed by atoms with E-state index < -0.39 is 0 Å². The van der Waals surface area contributed by atoms with Gasteiger partial charge in [-0.1, -0.05) is 6.92 Å². The highest BCUT2D eigenvalue weighted by Crippen LogP contribution is 2.17. The molecular weight excluding hydrogens is 152 g/mol. The first-order valence-electron chi connectivity index (χ1n) is 3.97. The maximum absolute atomic E-state index is 9.45. The minimum absolute atomic E-state index is 0.281. The summed E-state index contributed by atoms with van der Waals surface area (Å²) in [7, 11) is 0. The molecule has 2 heterocycles. The van der Waals surface area contributed by atoms with Crippen LogP contribution < -0.4 is 0 Å². The molecule has 1 N–H and O–H groups in total. The molecule has 0 aliphatic carbocycles. The molecule has 0 aliphatic rings. The van der Waals surface area contributed by atoms with Crippen molar-refractivity contribution in [1.82, 2.24) is 9.61 Å². The molecule has 0 saturated heterocycles. The maximum Gasteiger partial charge on any atom is 0.140 e. The summed E-state index contributed by atoms with van der Waals surface area (Å²) in [6.07, 6.45) is 2.62. The number of fused-ring (bicyclic) bond motifs is 1. The zero-order chi connectivity index (χ0) is 8.55. The summed E-state index contributed by atoms with van der Waals surface area (Å²) in [5, 5.41) is 13.7. The van der Waals surface area contributed by atoms with Gasteiger partial charge in [-0.05, 0) is 18.6 Å². The third-order valence-corrected chi connectivity index (χ3v) is 1.90. The van der Waals surface area contributed by atoms with Gasteiger partial charge in [0.2, 0.25) is 0 Å².